The lowest BCUT2D eigenvalue weighted by molar-refractivity contribution is 0.468. The van der Waals surface area contributed by atoms with Crippen LogP contribution in [0.15, 0.2) is 89.3 Å². The van der Waals surface area contributed by atoms with Crippen molar-refractivity contribution < 1.29 is 4.42 Å². The summed E-state index contributed by atoms with van der Waals surface area (Å²) in [5, 5.41) is 10.2. The first-order chi connectivity index (χ1) is 18.1. The Balaban J connectivity index is 1.41. The molecule has 0 fully saturated rings. The van der Waals surface area contributed by atoms with E-state index >= 15 is 0 Å². The van der Waals surface area contributed by atoms with Crippen molar-refractivity contribution in [1.82, 2.24) is 25.1 Å². The Morgan fingerprint density at radius 3 is 2.49 bits per heavy atom. The van der Waals surface area contributed by atoms with Gasteiger partial charge in [0.2, 0.25) is 0 Å². The van der Waals surface area contributed by atoms with Gasteiger partial charge in [-0.25, -0.2) is 9.67 Å². The Labute approximate surface area is 219 Å². The van der Waals surface area contributed by atoms with Crippen molar-refractivity contribution in [3.8, 4) is 22.8 Å². The van der Waals surface area contributed by atoms with E-state index in [9.17, 15) is 0 Å². The van der Waals surface area contributed by atoms with Crippen LogP contribution in [-0.2, 0) is 13.2 Å². The van der Waals surface area contributed by atoms with Crippen LogP contribution < -0.4 is 10.2 Å². The van der Waals surface area contributed by atoms with E-state index in [1.54, 1.807) is 4.68 Å². The molecule has 8 heteroatoms. The number of hydrogen-bond acceptors (Lipinski definition) is 6. The molecule has 0 atom stereocenters. The van der Waals surface area contributed by atoms with Crippen LogP contribution in [0.1, 0.15) is 5.56 Å². The minimum atomic E-state index is 0.299. The molecule has 0 saturated carbocycles. The van der Waals surface area contributed by atoms with Crippen molar-refractivity contribution in [3.05, 3.63) is 95.3 Å². The van der Waals surface area contributed by atoms with Crippen LogP contribution in [0.3, 0.4) is 0 Å². The summed E-state index contributed by atoms with van der Waals surface area (Å²) >= 11 is 5.48. The van der Waals surface area contributed by atoms with E-state index in [0.29, 0.717) is 29.6 Å². The molecule has 0 aliphatic heterocycles. The SMILES string of the molecule is CN(C)c1ccc(-c2nc(-c3nn(CNCc4ccccc4)c(=S)o3)cc3c2[nH]c2ccccc23)cc1. The number of rotatable bonds is 7. The molecule has 37 heavy (non-hydrogen) atoms. The number of pyridine rings is 1. The minimum Gasteiger partial charge on any atom is -0.408 e. The van der Waals surface area contributed by atoms with Crippen molar-refractivity contribution in [2.75, 3.05) is 19.0 Å². The van der Waals surface area contributed by atoms with Gasteiger partial charge in [-0.15, -0.1) is 5.10 Å². The standard InChI is InChI=1S/C29H26N6OS/c1-34(2)21-14-12-20(13-15-21)26-27-23(22-10-6-7-11-24(22)31-27)16-25(32-26)28-33-35(29(37)36-28)18-30-17-19-8-4-3-5-9-19/h3-16,30-31H,17-18H2,1-2H3. The molecule has 0 radical (unpaired) electrons. The third kappa shape index (κ3) is 4.52. The van der Waals surface area contributed by atoms with Gasteiger partial charge in [-0.2, -0.15) is 0 Å². The third-order valence-electron chi connectivity index (χ3n) is 6.41. The molecule has 0 spiro atoms. The van der Waals surface area contributed by atoms with Crippen molar-refractivity contribution in [3.63, 3.8) is 0 Å². The first kappa shape index (κ1) is 23.1. The number of aromatic nitrogens is 4. The van der Waals surface area contributed by atoms with E-state index in [2.05, 4.69) is 68.8 Å². The average Bonchev–Trinajstić information content (AvgIpc) is 3.49. The Morgan fingerprint density at radius 2 is 1.70 bits per heavy atom. The minimum absolute atomic E-state index is 0.299. The van der Waals surface area contributed by atoms with Crippen molar-refractivity contribution in [2.45, 2.75) is 13.2 Å². The van der Waals surface area contributed by atoms with Crippen LogP contribution in [0.5, 0.6) is 0 Å². The smallest absolute Gasteiger partial charge is 0.288 e. The number of H-pyrrole nitrogens is 1. The Hall–Kier alpha value is -4.27. The van der Waals surface area contributed by atoms with Crippen LogP contribution in [0.25, 0.3) is 44.6 Å². The number of aromatic amines is 1. The lowest BCUT2D eigenvalue weighted by Gasteiger charge is -2.13. The highest BCUT2D eigenvalue weighted by Crippen LogP contribution is 2.35. The van der Waals surface area contributed by atoms with E-state index in [1.165, 1.54) is 5.56 Å². The highest BCUT2D eigenvalue weighted by molar-refractivity contribution is 7.71. The van der Waals surface area contributed by atoms with Crippen LogP contribution in [0.2, 0.25) is 0 Å². The van der Waals surface area contributed by atoms with E-state index in [0.717, 1.165) is 38.8 Å². The van der Waals surface area contributed by atoms with Crippen LogP contribution in [-0.4, -0.2) is 33.8 Å². The molecule has 3 aromatic heterocycles. The highest BCUT2D eigenvalue weighted by atomic mass is 32.1. The summed E-state index contributed by atoms with van der Waals surface area (Å²) in [6.45, 7) is 1.14. The van der Waals surface area contributed by atoms with Gasteiger partial charge in [0, 0.05) is 48.2 Å². The maximum atomic E-state index is 5.93. The summed E-state index contributed by atoms with van der Waals surface area (Å²) in [5.74, 6) is 0.393. The lowest BCUT2D eigenvalue weighted by atomic mass is 10.1. The largest absolute Gasteiger partial charge is 0.408 e. The molecule has 6 aromatic rings. The van der Waals surface area contributed by atoms with Gasteiger partial charge in [-0.1, -0.05) is 60.7 Å². The average molecular weight is 507 g/mol. The summed E-state index contributed by atoms with van der Waals surface area (Å²) in [5.41, 5.74) is 6.83. The van der Waals surface area contributed by atoms with Gasteiger partial charge in [0.15, 0.2) is 0 Å². The fourth-order valence-electron chi connectivity index (χ4n) is 4.49. The summed E-state index contributed by atoms with van der Waals surface area (Å²) < 4.78 is 7.58. The first-order valence-corrected chi connectivity index (χ1v) is 12.5. The lowest BCUT2D eigenvalue weighted by Crippen LogP contribution is -2.19. The predicted octanol–water partition coefficient (Wildman–Crippen LogP) is 6.38. The van der Waals surface area contributed by atoms with E-state index in [1.807, 2.05) is 50.5 Å². The van der Waals surface area contributed by atoms with Crippen molar-refractivity contribution in [1.29, 1.82) is 0 Å². The summed E-state index contributed by atoms with van der Waals surface area (Å²) in [6.07, 6.45) is 0. The Kier molecular flexibility index (Phi) is 6.04. The fraction of sp³-hybridized carbons (Fsp3) is 0.138. The zero-order chi connectivity index (χ0) is 25.4. The van der Waals surface area contributed by atoms with E-state index < -0.39 is 0 Å². The summed E-state index contributed by atoms with van der Waals surface area (Å²) in [7, 11) is 4.06. The topological polar surface area (TPSA) is 74.9 Å². The van der Waals surface area contributed by atoms with Gasteiger partial charge in [0.25, 0.3) is 10.7 Å². The molecule has 0 aliphatic rings. The molecule has 3 heterocycles. The molecule has 0 aliphatic carbocycles. The quantitative estimate of drug-likeness (QED) is 0.245. The number of nitrogens with one attached hydrogen (secondary N) is 2. The molecule has 0 unspecified atom stereocenters. The molecule has 0 bridgehead atoms. The van der Waals surface area contributed by atoms with Gasteiger partial charge >= 0.3 is 0 Å². The maximum Gasteiger partial charge on any atom is 0.288 e. The molecule has 6 rings (SSSR count). The normalized spacial score (nSPS) is 11.4. The Morgan fingerprint density at radius 1 is 0.946 bits per heavy atom. The number of benzene rings is 3. The van der Waals surface area contributed by atoms with Gasteiger partial charge in [0.05, 0.1) is 17.9 Å². The zero-order valence-electron chi connectivity index (χ0n) is 20.6. The molecule has 0 saturated heterocycles. The second kappa shape index (κ2) is 9.65. The van der Waals surface area contributed by atoms with Crippen LogP contribution in [0, 0.1) is 4.84 Å². The van der Waals surface area contributed by atoms with Gasteiger partial charge < -0.3 is 14.3 Å². The zero-order valence-corrected chi connectivity index (χ0v) is 21.4. The third-order valence-corrected chi connectivity index (χ3v) is 6.71. The van der Waals surface area contributed by atoms with Crippen LogP contribution >= 0.6 is 12.2 Å². The van der Waals surface area contributed by atoms with Gasteiger partial charge in [-0.3, -0.25) is 5.32 Å². The van der Waals surface area contributed by atoms with Gasteiger partial charge in [0.1, 0.15) is 5.69 Å². The van der Waals surface area contributed by atoms with Crippen LogP contribution in [0.4, 0.5) is 5.69 Å². The van der Waals surface area contributed by atoms with Gasteiger partial charge in [-0.05, 0) is 42.0 Å². The van der Waals surface area contributed by atoms with Crippen molar-refractivity contribution >= 4 is 39.7 Å². The second-order valence-electron chi connectivity index (χ2n) is 9.13. The first-order valence-electron chi connectivity index (χ1n) is 12.1. The molecule has 7 nitrogen and oxygen atoms in total. The summed E-state index contributed by atoms with van der Waals surface area (Å²) in [6, 6.07) is 28.9. The predicted molar refractivity (Wildman–Crippen MR) is 151 cm³/mol. The molecule has 0 amide bonds. The molecule has 2 N–H and O–H groups in total. The highest BCUT2D eigenvalue weighted by Gasteiger charge is 2.18. The maximum absolute atomic E-state index is 5.93. The second-order valence-corrected chi connectivity index (χ2v) is 9.48. The number of nitrogens with zero attached hydrogens (tertiary/aromatic N) is 4. The fourth-order valence-corrected chi connectivity index (χ4v) is 4.68. The Bertz CT molecular complexity index is 1750. The van der Waals surface area contributed by atoms with Crippen molar-refractivity contribution in [2.24, 2.45) is 0 Å². The molecular formula is C29H26N6OS. The van der Waals surface area contributed by atoms with E-state index in [4.69, 9.17) is 21.6 Å². The number of hydrogen-bond donors (Lipinski definition) is 2. The molecular weight excluding hydrogens is 480 g/mol. The molecule has 184 valence electrons. The van der Waals surface area contributed by atoms with E-state index in [-0.39, 0.29) is 0 Å². The number of anilines is 1. The molecule has 3 aromatic carbocycles. The summed E-state index contributed by atoms with van der Waals surface area (Å²) in [4.78, 5) is 11.0. The monoisotopic (exact) mass is 506 g/mol. The number of fused-ring (bicyclic) bond motifs is 3. The number of para-hydroxylation sites is 1.